The molecule has 1 fully saturated rings. The molecule has 4 heteroatoms. The molecule has 23 heavy (non-hydrogen) atoms. The zero-order chi connectivity index (χ0) is 16.9. The lowest BCUT2D eigenvalue weighted by atomic mass is 9.80. The number of aromatic nitrogens is 1. The molecule has 1 unspecified atom stereocenters. The largest absolute Gasteiger partial charge is 0.396 e. The molecule has 1 aliphatic rings. The predicted molar refractivity (Wildman–Crippen MR) is 93.3 cm³/mol. The van der Waals surface area contributed by atoms with Gasteiger partial charge < -0.3 is 11.5 Å². The second-order valence-electron chi connectivity index (χ2n) is 5.93. The van der Waals surface area contributed by atoms with Crippen LogP contribution in [0.15, 0.2) is 42.7 Å². The summed E-state index contributed by atoms with van der Waals surface area (Å²) in [5.74, 6) is 0.372. The van der Waals surface area contributed by atoms with Crippen molar-refractivity contribution in [2.75, 3.05) is 5.73 Å². The first-order valence-corrected chi connectivity index (χ1v) is 8.34. The van der Waals surface area contributed by atoms with Gasteiger partial charge in [-0.3, -0.25) is 4.98 Å². The SMILES string of the molecule is CC.Nc1cc(C(N)(CCC2CC2)c2cccnc2)ccc1F. The molecule has 3 rings (SSSR count). The van der Waals surface area contributed by atoms with Gasteiger partial charge in [0.05, 0.1) is 11.2 Å². The maximum absolute atomic E-state index is 13.4. The summed E-state index contributed by atoms with van der Waals surface area (Å²) in [5.41, 5.74) is 13.7. The van der Waals surface area contributed by atoms with Gasteiger partial charge in [-0.2, -0.15) is 0 Å². The number of anilines is 1. The summed E-state index contributed by atoms with van der Waals surface area (Å²) in [6.45, 7) is 4.00. The van der Waals surface area contributed by atoms with E-state index in [1.165, 1.54) is 18.9 Å². The maximum atomic E-state index is 13.4. The fourth-order valence-electron chi connectivity index (χ4n) is 2.74. The molecule has 1 aromatic heterocycles. The van der Waals surface area contributed by atoms with E-state index in [0.29, 0.717) is 0 Å². The lowest BCUT2D eigenvalue weighted by Gasteiger charge is -2.31. The number of nitrogen functional groups attached to an aromatic ring is 1. The van der Waals surface area contributed by atoms with Crippen LogP contribution < -0.4 is 11.5 Å². The van der Waals surface area contributed by atoms with Crippen LogP contribution in [0.25, 0.3) is 0 Å². The number of pyridine rings is 1. The van der Waals surface area contributed by atoms with Crippen LogP contribution in [0.4, 0.5) is 10.1 Å². The first-order valence-electron chi connectivity index (χ1n) is 8.34. The van der Waals surface area contributed by atoms with Gasteiger partial charge in [-0.15, -0.1) is 0 Å². The van der Waals surface area contributed by atoms with Crippen LogP contribution >= 0.6 is 0 Å². The molecule has 1 aromatic carbocycles. The van der Waals surface area contributed by atoms with Crippen molar-refractivity contribution in [2.24, 2.45) is 11.7 Å². The number of halogens is 1. The van der Waals surface area contributed by atoms with Crippen molar-refractivity contribution in [3.05, 3.63) is 59.7 Å². The average molecular weight is 315 g/mol. The van der Waals surface area contributed by atoms with E-state index in [-0.39, 0.29) is 5.69 Å². The monoisotopic (exact) mass is 315 g/mol. The Labute approximate surface area is 137 Å². The summed E-state index contributed by atoms with van der Waals surface area (Å²) < 4.78 is 13.4. The van der Waals surface area contributed by atoms with Crippen molar-refractivity contribution < 1.29 is 4.39 Å². The van der Waals surface area contributed by atoms with Crippen LogP contribution in [0.5, 0.6) is 0 Å². The summed E-state index contributed by atoms with van der Waals surface area (Å²) in [6, 6.07) is 8.61. The van der Waals surface area contributed by atoms with Gasteiger partial charge in [-0.25, -0.2) is 4.39 Å². The van der Waals surface area contributed by atoms with Gasteiger partial charge in [0.2, 0.25) is 0 Å². The highest BCUT2D eigenvalue weighted by molar-refractivity contribution is 5.47. The summed E-state index contributed by atoms with van der Waals surface area (Å²) >= 11 is 0. The second-order valence-corrected chi connectivity index (χ2v) is 5.93. The predicted octanol–water partition coefficient (Wildman–Crippen LogP) is 4.22. The fraction of sp³-hybridized carbons (Fsp3) is 0.421. The van der Waals surface area contributed by atoms with Crippen LogP contribution in [0, 0.1) is 11.7 Å². The summed E-state index contributed by atoms with van der Waals surface area (Å²) in [5, 5.41) is 0. The molecule has 0 saturated heterocycles. The molecule has 0 bridgehead atoms. The maximum Gasteiger partial charge on any atom is 0.146 e. The van der Waals surface area contributed by atoms with Crippen molar-refractivity contribution in [2.45, 2.75) is 45.1 Å². The van der Waals surface area contributed by atoms with Gasteiger partial charge in [-0.05, 0) is 48.1 Å². The molecule has 0 aliphatic heterocycles. The number of hydrogen-bond acceptors (Lipinski definition) is 3. The third-order valence-electron chi connectivity index (χ3n) is 4.33. The Hall–Kier alpha value is -1.94. The van der Waals surface area contributed by atoms with Crippen LogP contribution in [-0.4, -0.2) is 4.98 Å². The summed E-state index contributed by atoms with van der Waals surface area (Å²) in [6.07, 6.45) is 7.97. The normalized spacial score (nSPS) is 16.2. The third kappa shape index (κ3) is 4.08. The topological polar surface area (TPSA) is 64.9 Å². The Morgan fingerprint density at radius 2 is 1.96 bits per heavy atom. The Kier molecular flexibility index (Phi) is 5.72. The van der Waals surface area contributed by atoms with Gasteiger partial charge >= 0.3 is 0 Å². The van der Waals surface area contributed by atoms with Gasteiger partial charge in [0.25, 0.3) is 0 Å². The van der Waals surface area contributed by atoms with E-state index in [4.69, 9.17) is 11.5 Å². The lowest BCUT2D eigenvalue weighted by molar-refractivity contribution is 0.453. The van der Waals surface area contributed by atoms with E-state index in [1.54, 1.807) is 24.5 Å². The van der Waals surface area contributed by atoms with Crippen molar-refractivity contribution in [3.8, 4) is 0 Å². The molecule has 4 N–H and O–H groups in total. The van der Waals surface area contributed by atoms with Gasteiger partial charge in [0, 0.05) is 12.4 Å². The minimum Gasteiger partial charge on any atom is -0.396 e. The highest BCUT2D eigenvalue weighted by Gasteiger charge is 2.33. The highest BCUT2D eigenvalue weighted by atomic mass is 19.1. The molecule has 124 valence electrons. The smallest absolute Gasteiger partial charge is 0.146 e. The lowest BCUT2D eigenvalue weighted by Crippen LogP contribution is -2.38. The molecule has 1 aliphatic carbocycles. The average Bonchev–Trinajstić information content (AvgIpc) is 3.42. The zero-order valence-corrected chi connectivity index (χ0v) is 13.9. The number of rotatable bonds is 5. The molecule has 0 amide bonds. The molecule has 0 spiro atoms. The van der Waals surface area contributed by atoms with Crippen LogP contribution in [0.3, 0.4) is 0 Å². The second kappa shape index (κ2) is 7.55. The molecule has 1 saturated carbocycles. The first-order chi connectivity index (χ1) is 11.1. The third-order valence-corrected chi connectivity index (χ3v) is 4.33. The fourth-order valence-corrected chi connectivity index (χ4v) is 2.74. The van der Waals surface area contributed by atoms with Crippen LogP contribution in [-0.2, 0) is 5.54 Å². The molecule has 3 nitrogen and oxygen atoms in total. The Balaban J connectivity index is 0.000000924. The summed E-state index contributed by atoms with van der Waals surface area (Å²) in [4.78, 5) is 4.17. The first kappa shape index (κ1) is 17.4. The van der Waals surface area contributed by atoms with Crippen LogP contribution in [0.1, 0.15) is 50.7 Å². The highest BCUT2D eigenvalue weighted by Crippen LogP contribution is 2.40. The number of nitrogens with two attached hydrogens (primary N) is 2. The van der Waals surface area contributed by atoms with Gasteiger partial charge in [0.15, 0.2) is 0 Å². The standard InChI is InChI=1S/C17H20FN3.C2H6/c18-15-6-5-13(10-16(15)19)17(20,8-7-12-3-4-12)14-2-1-9-21-11-14;1-2/h1-2,5-6,9-12H,3-4,7-8,19-20H2;1-2H3. The van der Waals surface area contributed by atoms with Gasteiger partial charge in [-0.1, -0.05) is 38.8 Å². The molecular formula is C19H26FN3. The Morgan fingerprint density at radius 3 is 2.52 bits per heavy atom. The van der Waals surface area contributed by atoms with Crippen molar-refractivity contribution in [1.29, 1.82) is 0 Å². The van der Waals surface area contributed by atoms with Crippen LogP contribution in [0.2, 0.25) is 0 Å². The molecule has 1 atom stereocenters. The van der Waals surface area contributed by atoms with E-state index < -0.39 is 11.4 Å². The minimum atomic E-state index is -0.668. The molecule has 1 heterocycles. The Morgan fingerprint density at radius 1 is 1.22 bits per heavy atom. The van der Waals surface area contributed by atoms with Crippen molar-refractivity contribution in [1.82, 2.24) is 4.98 Å². The van der Waals surface area contributed by atoms with E-state index in [0.717, 1.165) is 29.9 Å². The van der Waals surface area contributed by atoms with E-state index in [9.17, 15) is 4.39 Å². The van der Waals surface area contributed by atoms with E-state index in [1.807, 2.05) is 26.0 Å². The summed E-state index contributed by atoms with van der Waals surface area (Å²) in [7, 11) is 0. The number of nitrogens with zero attached hydrogens (tertiary/aromatic N) is 1. The molecule has 2 aromatic rings. The molecular weight excluding hydrogens is 289 g/mol. The van der Waals surface area contributed by atoms with E-state index in [2.05, 4.69) is 4.98 Å². The number of benzene rings is 1. The quantitative estimate of drug-likeness (QED) is 0.812. The van der Waals surface area contributed by atoms with E-state index >= 15 is 0 Å². The van der Waals surface area contributed by atoms with Crippen molar-refractivity contribution >= 4 is 5.69 Å². The van der Waals surface area contributed by atoms with Gasteiger partial charge in [0.1, 0.15) is 5.82 Å². The minimum absolute atomic E-state index is 0.137. The van der Waals surface area contributed by atoms with Crippen molar-refractivity contribution in [3.63, 3.8) is 0 Å². The molecule has 0 radical (unpaired) electrons. The Bertz CT molecular complexity index is 626. The number of hydrogen-bond donors (Lipinski definition) is 2. The zero-order valence-electron chi connectivity index (χ0n) is 13.9.